The van der Waals surface area contributed by atoms with E-state index in [1.165, 1.54) is 10.1 Å². The van der Waals surface area contributed by atoms with Gasteiger partial charge in [0.15, 0.2) is 5.58 Å². The van der Waals surface area contributed by atoms with Crippen molar-refractivity contribution in [1.82, 2.24) is 9.88 Å². The molecule has 0 amide bonds. The van der Waals surface area contributed by atoms with Gasteiger partial charge in [-0.1, -0.05) is 35.8 Å². The van der Waals surface area contributed by atoms with Gasteiger partial charge in [-0.3, -0.25) is 4.57 Å². The molecule has 0 bridgehead atoms. The Kier molecular flexibility index (Phi) is 3.64. The molecule has 0 aliphatic heterocycles. The number of hydrogen-bond donors (Lipinski definition) is 1. The maximum absolute atomic E-state index is 11.4. The highest BCUT2D eigenvalue weighted by atomic mass is 79.9. The summed E-state index contributed by atoms with van der Waals surface area (Å²) >= 11 is 3.36. The van der Waals surface area contributed by atoms with Crippen molar-refractivity contribution < 1.29 is 4.42 Å². The van der Waals surface area contributed by atoms with E-state index in [0.29, 0.717) is 5.58 Å². The first kappa shape index (κ1) is 13.4. The average molecular weight is 313 g/mol. The van der Waals surface area contributed by atoms with Gasteiger partial charge in [0.2, 0.25) is 0 Å². The first-order valence-corrected chi connectivity index (χ1v) is 6.94. The summed E-state index contributed by atoms with van der Waals surface area (Å²) in [7, 11) is 1.72. The van der Waals surface area contributed by atoms with Crippen molar-refractivity contribution in [2.24, 2.45) is 7.05 Å². The van der Waals surface area contributed by atoms with Gasteiger partial charge in [-0.15, -0.1) is 0 Å². The lowest BCUT2D eigenvalue weighted by Crippen LogP contribution is -2.32. The highest BCUT2D eigenvalue weighted by molar-refractivity contribution is 9.09. The maximum Gasteiger partial charge on any atom is 0.419 e. The molecule has 0 radical (unpaired) electrons. The number of nitrogens with one attached hydrogen (secondary N) is 1. The van der Waals surface area contributed by atoms with Crippen LogP contribution in [0.15, 0.2) is 27.4 Å². The van der Waals surface area contributed by atoms with Gasteiger partial charge in [0.05, 0.1) is 11.0 Å². The summed E-state index contributed by atoms with van der Waals surface area (Å²) in [6, 6.07) is 5.90. The first-order chi connectivity index (χ1) is 8.45. The van der Waals surface area contributed by atoms with Crippen LogP contribution in [0.4, 0.5) is 0 Å². The Morgan fingerprint density at radius 1 is 1.44 bits per heavy atom. The minimum atomic E-state index is -0.321. The number of alkyl halides is 1. The summed E-state index contributed by atoms with van der Waals surface area (Å²) in [5.74, 6) is -0.321. The summed E-state index contributed by atoms with van der Waals surface area (Å²) in [4.78, 5) is 11.4. The largest absolute Gasteiger partial charge is 0.419 e. The zero-order chi connectivity index (χ0) is 13.3. The molecule has 0 saturated carbocycles. The molecule has 98 valence electrons. The van der Waals surface area contributed by atoms with Crippen LogP contribution in [0.25, 0.3) is 11.1 Å². The van der Waals surface area contributed by atoms with Gasteiger partial charge in [-0.2, -0.15) is 0 Å². The number of oxazole rings is 1. The molecule has 0 aliphatic carbocycles. The highest BCUT2D eigenvalue weighted by Gasteiger charge is 2.21. The van der Waals surface area contributed by atoms with Crippen molar-refractivity contribution in [3.8, 4) is 0 Å². The van der Waals surface area contributed by atoms with E-state index in [-0.39, 0.29) is 11.2 Å². The fourth-order valence-electron chi connectivity index (χ4n) is 2.01. The molecular formula is C13H17BrN2O2. The molecule has 0 aliphatic rings. The van der Waals surface area contributed by atoms with E-state index in [9.17, 15) is 4.79 Å². The van der Waals surface area contributed by atoms with Crippen LogP contribution in [-0.4, -0.2) is 16.6 Å². The Hall–Kier alpha value is -1.07. The van der Waals surface area contributed by atoms with Crippen molar-refractivity contribution >= 4 is 27.0 Å². The monoisotopic (exact) mass is 312 g/mol. The second-order valence-corrected chi connectivity index (χ2v) is 5.61. The van der Waals surface area contributed by atoms with Crippen molar-refractivity contribution in [3.05, 3.63) is 34.3 Å². The number of rotatable bonds is 4. The van der Waals surface area contributed by atoms with E-state index in [1.807, 2.05) is 18.2 Å². The number of fused-ring (bicyclic) bond motifs is 1. The summed E-state index contributed by atoms with van der Waals surface area (Å²) in [6.45, 7) is 5.19. The van der Waals surface area contributed by atoms with Gasteiger partial charge in [0, 0.05) is 19.0 Å². The highest BCUT2D eigenvalue weighted by Crippen LogP contribution is 2.25. The van der Waals surface area contributed by atoms with E-state index >= 15 is 0 Å². The molecular weight excluding hydrogens is 296 g/mol. The quantitative estimate of drug-likeness (QED) is 0.696. The lowest BCUT2D eigenvalue weighted by molar-refractivity contribution is 0.491. The minimum absolute atomic E-state index is 0.00468. The molecule has 18 heavy (non-hydrogen) atoms. The number of aromatic nitrogens is 1. The van der Waals surface area contributed by atoms with Crippen LogP contribution in [0, 0.1) is 0 Å². The Morgan fingerprint density at radius 3 is 2.83 bits per heavy atom. The van der Waals surface area contributed by atoms with Crippen LogP contribution in [0.3, 0.4) is 0 Å². The number of aryl methyl sites for hydroxylation is 1. The van der Waals surface area contributed by atoms with E-state index in [1.54, 1.807) is 7.05 Å². The van der Waals surface area contributed by atoms with Crippen molar-refractivity contribution in [2.45, 2.75) is 19.3 Å². The molecule has 2 rings (SSSR count). The third-order valence-electron chi connectivity index (χ3n) is 3.23. The Morgan fingerprint density at radius 2 is 2.17 bits per heavy atom. The van der Waals surface area contributed by atoms with Crippen molar-refractivity contribution in [1.29, 1.82) is 0 Å². The van der Waals surface area contributed by atoms with E-state index in [0.717, 1.165) is 17.5 Å². The standard InChI is InChI=1S/C13H17BrN2O2/c1-13(2,7-15-8-14)9-4-5-11-10(6-9)16(3)12(17)18-11/h4-6,15H,7-8H2,1-3H3. The van der Waals surface area contributed by atoms with E-state index in [2.05, 4.69) is 35.1 Å². The SMILES string of the molecule is Cn1c(=O)oc2ccc(C(C)(C)CNCBr)cc21. The second kappa shape index (κ2) is 4.90. The van der Waals surface area contributed by atoms with E-state index < -0.39 is 0 Å². The molecule has 0 spiro atoms. The van der Waals surface area contributed by atoms with Gasteiger partial charge in [0.25, 0.3) is 0 Å². The van der Waals surface area contributed by atoms with Crippen LogP contribution in [-0.2, 0) is 12.5 Å². The van der Waals surface area contributed by atoms with Crippen LogP contribution in [0.5, 0.6) is 0 Å². The Labute approximate surface area is 114 Å². The summed E-state index contributed by atoms with van der Waals surface area (Å²) in [5, 5.41) is 3.28. The van der Waals surface area contributed by atoms with Gasteiger partial charge in [-0.05, 0) is 17.7 Å². The van der Waals surface area contributed by atoms with Crippen LogP contribution in [0.2, 0.25) is 0 Å². The zero-order valence-electron chi connectivity index (χ0n) is 10.8. The normalized spacial score (nSPS) is 12.2. The minimum Gasteiger partial charge on any atom is -0.408 e. The zero-order valence-corrected chi connectivity index (χ0v) is 12.4. The number of nitrogens with zero attached hydrogens (tertiary/aromatic N) is 1. The number of halogens is 1. The molecule has 0 atom stereocenters. The lowest BCUT2D eigenvalue weighted by atomic mass is 9.84. The average Bonchev–Trinajstić information content (AvgIpc) is 2.62. The lowest BCUT2D eigenvalue weighted by Gasteiger charge is -2.25. The predicted octanol–water partition coefficient (Wildman–Crippen LogP) is 2.35. The topological polar surface area (TPSA) is 47.2 Å². The molecule has 1 aromatic carbocycles. The second-order valence-electron chi connectivity index (χ2n) is 5.05. The Bertz CT molecular complexity index is 613. The Balaban J connectivity index is 2.46. The third kappa shape index (κ3) is 2.37. The summed E-state index contributed by atoms with van der Waals surface area (Å²) in [5.41, 5.74) is 3.41. The maximum atomic E-state index is 11.4. The first-order valence-electron chi connectivity index (χ1n) is 5.82. The molecule has 1 N–H and O–H groups in total. The number of benzene rings is 1. The molecule has 1 heterocycles. The summed E-state index contributed by atoms with van der Waals surface area (Å²) < 4.78 is 6.67. The molecule has 0 unspecified atom stereocenters. The van der Waals surface area contributed by atoms with Gasteiger partial charge >= 0.3 is 5.76 Å². The number of hydrogen-bond acceptors (Lipinski definition) is 3. The smallest absolute Gasteiger partial charge is 0.408 e. The third-order valence-corrected chi connectivity index (χ3v) is 3.63. The van der Waals surface area contributed by atoms with Gasteiger partial charge < -0.3 is 9.73 Å². The molecule has 4 nitrogen and oxygen atoms in total. The molecule has 1 aromatic heterocycles. The molecule has 0 fully saturated rings. The van der Waals surface area contributed by atoms with Crippen LogP contribution < -0.4 is 11.1 Å². The van der Waals surface area contributed by atoms with Crippen molar-refractivity contribution in [3.63, 3.8) is 0 Å². The molecule has 0 saturated heterocycles. The molecule has 5 heteroatoms. The van der Waals surface area contributed by atoms with Crippen LogP contribution >= 0.6 is 15.9 Å². The van der Waals surface area contributed by atoms with Crippen molar-refractivity contribution in [2.75, 3.05) is 12.0 Å². The summed E-state index contributed by atoms with van der Waals surface area (Å²) in [6.07, 6.45) is 0. The fraction of sp³-hybridized carbons (Fsp3) is 0.462. The van der Waals surface area contributed by atoms with Gasteiger partial charge in [0.1, 0.15) is 0 Å². The predicted molar refractivity (Wildman–Crippen MR) is 76.3 cm³/mol. The van der Waals surface area contributed by atoms with Gasteiger partial charge in [-0.25, -0.2) is 4.79 Å². The van der Waals surface area contributed by atoms with E-state index in [4.69, 9.17) is 4.42 Å². The van der Waals surface area contributed by atoms with Crippen LogP contribution in [0.1, 0.15) is 19.4 Å². The fourth-order valence-corrected chi connectivity index (χ4v) is 2.21. The molecule has 2 aromatic rings.